The van der Waals surface area contributed by atoms with E-state index in [0.717, 1.165) is 22.5 Å². The van der Waals surface area contributed by atoms with Gasteiger partial charge in [0.1, 0.15) is 0 Å². The zero-order valence-electron chi connectivity index (χ0n) is 12.7. The van der Waals surface area contributed by atoms with Crippen molar-refractivity contribution in [2.75, 3.05) is 13.1 Å². The average Bonchev–Trinajstić information content (AvgIpc) is 2.99. The van der Waals surface area contributed by atoms with Crippen molar-refractivity contribution in [2.45, 2.75) is 19.4 Å². The number of likely N-dealkylation sites (tertiary alicyclic amines) is 1. The first-order valence-electron chi connectivity index (χ1n) is 7.84. The van der Waals surface area contributed by atoms with Gasteiger partial charge in [-0.2, -0.15) is 0 Å². The van der Waals surface area contributed by atoms with Crippen LogP contribution in [0.5, 0.6) is 0 Å². The third-order valence-electron chi connectivity index (χ3n) is 4.98. The van der Waals surface area contributed by atoms with E-state index in [0.29, 0.717) is 18.4 Å². The van der Waals surface area contributed by atoms with Gasteiger partial charge in [0.05, 0.1) is 5.56 Å². The lowest BCUT2D eigenvalue weighted by molar-refractivity contribution is 0.0713. The first kappa shape index (κ1) is 14.0. The van der Waals surface area contributed by atoms with E-state index in [1.54, 1.807) is 11.3 Å². The number of fused-ring (bicyclic) bond motifs is 1. The van der Waals surface area contributed by atoms with E-state index in [2.05, 4.69) is 25.1 Å². The molecule has 1 aromatic heterocycles. The highest BCUT2D eigenvalue weighted by molar-refractivity contribution is 7.14. The number of hydrogen-bond donors (Lipinski definition) is 1. The van der Waals surface area contributed by atoms with Crippen molar-refractivity contribution in [3.63, 3.8) is 0 Å². The number of hydrogen-bond acceptors (Lipinski definition) is 3. The molecule has 0 bridgehead atoms. The van der Waals surface area contributed by atoms with E-state index in [9.17, 15) is 4.79 Å². The van der Waals surface area contributed by atoms with E-state index in [1.165, 1.54) is 12.0 Å². The number of carbonyl (C=O) groups is 1. The Kier molecular flexibility index (Phi) is 3.31. The van der Waals surface area contributed by atoms with Crippen LogP contribution in [0.4, 0.5) is 0 Å². The Labute approximate surface area is 134 Å². The molecular formula is C18H20N2OS. The predicted molar refractivity (Wildman–Crippen MR) is 90.0 cm³/mol. The molecule has 1 aromatic carbocycles. The van der Waals surface area contributed by atoms with Crippen LogP contribution in [-0.4, -0.2) is 29.9 Å². The third kappa shape index (κ3) is 2.18. The molecule has 4 rings (SSSR count). The normalized spacial score (nSPS) is 26.1. The van der Waals surface area contributed by atoms with Gasteiger partial charge in [0, 0.05) is 24.0 Å². The molecule has 1 saturated carbocycles. The summed E-state index contributed by atoms with van der Waals surface area (Å²) >= 11 is 1.64. The quantitative estimate of drug-likeness (QED) is 0.946. The number of aryl methyl sites for hydroxylation is 1. The lowest BCUT2D eigenvalue weighted by Gasteiger charge is -2.26. The number of thiophene rings is 1. The molecule has 0 unspecified atom stereocenters. The van der Waals surface area contributed by atoms with Crippen LogP contribution in [0.3, 0.4) is 0 Å². The molecule has 1 saturated heterocycles. The van der Waals surface area contributed by atoms with Gasteiger partial charge in [-0.3, -0.25) is 4.79 Å². The lowest BCUT2D eigenvalue weighted by Crippen LogP contribution is -2.42. The minimum Gasteiger partial charge on any atom is -0.334 e. The van der Waals surface area contributed by atoms with Gasteiger partial charge in [-0.15, -0.1) is 11.3 Å². The second-order valence-corrected chi connectivity index (χ2v) is 7.37. The van der Waals surface area contributed by atoms with Crippen LogP contribution >= 0.6 is 11.3 Å². The summed E-state index contributed by atoms with van der Waals surface area (Å²) in [7, 11) is 0. The summed E-state index contributed by atoms with van der Waals surface area (Å²) in [5.74, 6) is 1.49. The predicted octanol–water partition coefficient (Wildman–Crippen LogP) is 3.14. The maximum absolute atomic E-state index is 13.0. The van der Waals surface area contributed by atoms with E-state index >= 15 is 0 Å². The number of amides is 1. The number of carbonyl (C=O) groups excluding carboxylic acids is 1. The summed E-state index contributed by atoms with van der Waals surface area (Å²) in [5.41, 5.74) is 9.09. The Morgan fingerprint density at radius 3 is 3.05 bits per heavy atom. The van der Waals surface area contributed by atoms with Crippen molar-refractivity contribution in [3.8, 4) is 10.4 Å². The summed E-state index contributed by atoms with van der Waals surface area (Å²) in [6, 6.07) is 10.6. The summed E-state index contributed by atoms with van der Waals surface area (Å²) in [5, 5.41) is 2.01. The summed E-state index contributed by atoms with van der Waals surface area (Å²) in [6.45, 7) is 3.54. The molecule has 1 aliphatic heterocycles. The molecule has 2 aliphatic rings. The molecule has 2 heterocycles. The Balaban J connectivity index is 1.66. The van der Waals surface area contributed by atoms with Gasteiger partial charge in [-0.05, 0) is 42.2 Å². The van der Waals surface area contributed by atoms with Crippen molar-refractivity contribution in [2.24, 2.45) is 17.6 Å². The van der Waals surface area contributed by atoms with Crippen LogP contribution in [0, 0.1) is 18.8 Å². The molecule has 2 fully saturated rings. The van der Waals surface area contributed by atoms with Crippen LogP contribution in [-0.2, 0) is 0 Å². The highest BCUT2D eigenvalue weighted by Gasteiger charge is 2.53. The van der Waals surface area contributed by atoms with Gasteiger partial charge in [-0.1, -0.05) is 29.8 Å². The fourth-order valence-corrected chi connectivity index (χ4v) is 4.63. The zero-order chi connectivity index (χ0) is 15.3. The molecule has 1 amide bonds. The Morgan fingerprint density at radius 1 is 1.41 bits per heavy atom. The molecule has 22 heavy (non-hydrogen) atoms. The number of piperidine rings is 1. The van der Waals surface area contributed by atoms with Crippen molar-refractivity contribution in [1.29, 1.82) is 0 Å². The summed E-state index contributed by atoms with van der Waals surface area (Å²) in [6.07, 6.45) is 1.25. The van der Waals surface area contributed by atoms with Crippen LogP contribution in [0.25, 0.3) is 10.4 Å². The molecule has 3 nitrogen and oxygen atoms in total. The molecule has 2 N–H and O–H groups in total. The molecule has 114 valence electrons. The van der Waals surface area contributed by atoms with Crippen LogP contribution in [0.15, 0.2) is 35.7 Å². The van der Waals surface area contributed by atoms with E-state index in [4.69, 9.17) is 5.73 Å². The monoisotopic (exact) mass is 312 g/mol. The van der Waals surface area contributed by atoms with Crippen LogP contribution < -0.4 is 5.73 Å². The fraction of sp³-hybridized carbons (Fsp3) is 0.389. The molecule has 0 spiro atoms. The maximum Gasteiger partial charge on any atom is 0.255 e. The first-order chi connectivity index (χ1) is 10.7. The zero-order valence-corrected chi connectivity index (χ0v) is 13.5. The Hall–Kier alpha value is -1.65. The van der Waals surface area contributed by atoms with Crippen LogP contribution in [0.1, 0.15) is 22.3 Å². The van der Waals surface area contributed by atoms with Crippen molar-refractivity contribution < 1.29 is 4.79 Å². The largest absolute Gasteiger partial charge is 0.334 e. The maximum atomic E-state index is 13.0. The molecule has 4 heteroatoms. The standard InChI is InChI=1S/C18H20N2OS/c1-11-3-2-4-12(7-11)17-14(5-6-22-17)18(21)20-10-13-8-15(13)16(20)9-19/h2-7,13,15-16H,8-10,19H2,1H3/t13-,15-,16+/m0/s1. The topological polar surface area (TPSA) is 46.3 Å². The van der Waals surface area contributed by atoms with Gasteiger partial charge in [0.15, 0.2) is 0 Å². The second kappa shape index (κ2) is 5.21. The molecule has 2 aromatic rings. The minimum absolute atomic E-state index is 0.153. The highest BCUT2D eigenvalue weighted by Crippen LogP contribution is 2.49. The highest BCUT2D eigenvalue weighted by atomic mass is 32.1. The van der Waals surface area contributed by atoms with Gasteiger partial charge in [0.25, 0.3) is 5.91 Å². The number of nitrogens with zero attached hydrogens (tertiary/aromatic N) is 1. The van der Waals surface area contributed by atoms with Crippen LogP contribution in [0.2, 0.25) is 0 Å². The lowest BCUT2D eigenvalue weighted by atomic mass is 10.1. The fourth-order valence-electron chi connectivity index (χ4n) is 3.75. The summed E-state index contributed by atoms with van der Waals surface area (Å²) < 4.78 is 0. The SMILES string of the molecule is Cc1cccc(-c2sccc2C(=O)N2C[C@@H]3C[C@@H]3[C@H]2CN)c1. The summed E-state index contributed by atoms with van der Waals surface area (Å²) in [4.78, 5) is 16.1. The number of benzene rings is 1. The van der Waals surface area contributed by atoms with E-state index in [-0.39, 0.29) is 11.9 Å². The molecule has 1 aliphatic carbocycles. The van der Waals surface area contributed by atoms with E-state index in [1.807, 2.05) is 22.4 Å². The second-order valence-electron chi connectivity index (χ2n) is 6.45. The Bertz CT molecular complexity index is 723. The van der Waals surface area contributed by atoms with Crippen molar-refractivity contribution >= 4 is 17.2 Å². The minimum atomic E-state index is 0.153. The third-order valence-corrected chi connectivity index (χ3v) is 5.94. The van der Waals surface area contributed by atoms with Crippen molar-refractivity contribution in [1.82, 2.24) is 4.90 Å². The Morgan fingerprint density at radius 2 is 2.27 bits per heavy atom. The smallest absolute Gasteiger partial charge is 0.255 e. The van der Waals surface area contributed by atoms with Gasteiger partial charge in [-0.25, -0.2) is 0 Å². The van der Waals surface area contributed by atoms with E-state index < -0.39 is 0 Å². The van der Waals surface area contributed by atoms with Gasteiger partial charge in [0.2, 0.25) is 0 Å². The van der Waals surface area contributed by atoms with Crippen molar-refractivity contribution in [3.05, 3.63) is 46.8 Å². The van der Waals surface area contributed by atoms with Gasteiger partial charge < -0.3 is 10.6 Å². The molecule has 3 atom stereocenters. The first-order valence-corrected chi connectivity index (χ1v) is 8.72. The molecular weight excluding hydrogens is 292 g/mol. The number of rotatable bonds is 3. The molecule has 0 radical (unpaired) electrons. The van der Waals surface area contributed by atoms with Gasteiger partial charge >= 0.3 is 0 Å². The number of nitrogens with two attached hydrogens (primary N) is 1. The average molecular weight is 312 g/mol.